The van der Waals surface area contributed by atoms with Crippen molar-refractivity contribution in [3.63, 3.8) is 0 Å². The lowest BCUT2D eigenvalue weighted by Crippen LogP contribution is -2.45. The minimum absolute atomic E-state index is 0.0905. The molecule has 1 N–H and O–H groups in total. The van der Waals surface area contributed by atoms with E-state index in [1.54, 1.807) is 13.1 Å². The third-order valence-corrected chi connectivity index (χ3v) is 7.20. The normalized spacial score (nSPS) is 23.4. The molecule has 0 heterocycles. The van der Waals surface area contributed by atoms with Gasteiger partial charge in [0.25, 0.3) is 5.91 Å². The first kappa shape index (κ1) is 25.8. The average molecular weight is 491 g/mol. The van der Waals surface area contributed by atoms with Gasteiger partial charge in [-0.2, -0.15) is 0 Å². The van der Waals surface area contributed by atoms with Gasteiger partial charge in [-0.1, -0.05) is 55.5 Å². The minimum Gasteiger partial charge on any atom is -0.492 e. The molecule has 3 aliphatic carbocycles. The Morgan fingerprint density at radius 3 is 2.56 bits per heavy atom. The predicted octanol–water partition coefficient (Wildman–Crippen LogP) is 5.75. The second-order valence-corrected chi connectivity index (χ2v) is 11.3. The van der Waals surface area contributed by atoms with Gasteiger partial charge in [0.15, 0.2) is 0 Å². The van der Waals surface area contributed by atoms with Crippen LogP contribution < -0.4 is 10.1 Å². The number of likely N-dealkylation sites (N-methyl/N-ethyl adjacent to an activating group) is 1. The van der Waals surface area contributed by atoms with E-state index >= 15 is 0 Å². The van der Waals surface area contributed by atoms with Crippen LogP contribution in [0, 0.1) is 18.3 Å². The van der Waals surface area contributed by atoms with Crippen LogP contribution in [0.25, 0.3) is 0 Å². The highest BCUT2D eigenvalue weighted by Gasteiger charge is 2.54. The number of rotatable bonds is 7. The molecule has 1 saturated carbocycles. The van der Waals surface area contributed by atoms with Gasteiger partial charge < -0.3 is 19.7 Å². The Morgan fingerprint density at radius 2 is 1.86 bits per heavy atom. The Hall–Kier alpha value is -3.28. The summed E-state index contributed by atoms with van der Waals surface area (Å²) in [6.07, 6.45) is 16.7. The number of hydrogen-bond acceptors (Lipinski definition) is 4. The van der Waals surface area contributed by atoms with Crippen LogP contribution in [0.2, 0.25) is 0 Å². The summed E-state index contributed by atoms with van der Waals surface area (Å²) in [4.78, 5) is 27.1. The number of fused-ring (bicyclic) bond motifs is 1. The van der Waals surface area contributed by atoms with Crippen LogP contribution in [0.15, 0.2) is 66.3 Å². The average Bonchev–Trinajstić information content (AvgIpc) is 3.58. The number of carbonyl (C=O) groups is 2. The molecule has 4 rings (SSSR count). The number of aryl methyl sites for hydroxylation is 1. The lowest BCUT2D eigenvalue weighted by Gasteiger charge is -2.42. The fraction of sp³-hybridized carbons (Fsp3) is 0.467. The Morgan fingerprint density at radius 1 is 1.14 bits per heavy atom. The smallest absolute Gasteiger partial charge is 0.410 e. The molecule has 36 heavy (non-hydrogen) atoms. The van der Waals surface area contributed by atoms with Gasteiger partial charge in [-0.25, -0.2) is 4.79 Å². The number of hydrogen-bond donors (Lipinski definition) is 1. The van der Waals surface area contributed by atoms with E-state index in [0.29, 0.717) is 30.4 Å². The van der Waals surface area contributed by atoms with Crippen LogP contribution in [-0.4, -0.2) is 48.2 Å². The van der Waals surface area contributed by atoms with Crippen LogP contribution >= 0.6 is 0 Å². The van der Waals surface area contributed by atoms with E-state index < -0.39 is 11.7 Å². The Balaban J connectivity index is 1.41. The molecular weight excluding hydrogens is 452 g/mol. The summed E-state index contributed by atoms with van der Waals surface area (Å²) in [5, 5.41) is 3.37. The zero-order valence-corrected chi connectivity index (χ0v) is 22.3. The molecular formula is C30H38N2O4. The Bertz CT molecular complexity index is 1150. The van der Waals surface area contributed by atoms with E-state index in [1.165, 1.54) is 10.5 Å². The van der Waals surface area contributed by atoms with Gasteiger partial charge in [-0.05, 0) is 63.8 Å². The third-order valence-electron chi connectivity index (χ3n) is 7.20. The maximum atomic E-state index is 13.5. The van der Waals surface area contributed by atoms with E-state index in [9.17, 15) is 9.59 Å². The second-order valence-electron chi connectivity index (χ2n) is 11.3. The molecule has 0 saturated heterocycles. The van der Waals surface area contributed by atoms with Crippen LogP contribution in [0.4, 0.5) is 4.79 Å². The lowest BCUT2D eigenvalue weighted by molar-refractivity contribution is 0.0278. The minimum atomic E-state index is -0.545. The van der Waals surface area contributed by atoms with Gasteiger partial charge in [0.05, 0.1) is 12.1 Å². The van der Waals surface area contributed by atoms with Gasteiger partial charge >= 0.3 is 6.09 Å². The van der Waals surface area contributed by atoms with Gasteiger partial charge in [-0.3, -0.25) is 4.79 Å². The number of nitrogens with one attached hydrogen (secondary N) is 1. The summed E-state index contributed by atoms with van der Waals surface area (Å²) in [7, 11) is 1.68. The van der Waals surface area contributed by atoms with E-state index in [2.05, 4.69) is 54.8 Å². The van der Waals surface area contributed by atoms with E-state index in [-0.39, 0.29) is 16.9 Å². The van der Waals surface area contributed by atoms with E-state index in [0.717, 1.165) is 18.4 Å². The van der Waals surface area contributed by atoms with Crippen molar-refractivity contribution in [2.45, 2.75) is 58.6 Å². The third kappa shape index (κ3) is 5.43. The van der Waals surface area contributed by atoms with Crippen molar-refractivity contribution in [2.75, 3.05) is 20.2 Å². The molecule has 1 aromatic rings. The number of amides is 2. The molecule has 0 spiro atoms. The molecule has 1 aromatic carbocycles. The maximum Gasteiger partial charge on any atom is 0.410 e. The van der Waals surface area contributed by atoms with Crippen molar-refractivity contribution in [1.29, 1.82) is 0 Å². The SMILES string of the molecule is Cc1ccc(OCCN(C)C(=O)OC(C)(C)C)cc1C(=O)NC1(C2=CC=CC3C=CC=CC23C)CC1. The van der Waals surface area contributed by atoms with E-state index in [4.69, 9.17) is 9.47 Å². The highest BCUT2D eigenvalue weighted by Crippen LogP contribution is 2.55. The predicted molar refractivity (Wildman–Crippen MR) is 142 cm³/mol. The maximum absolute atomic E-state index is 13.5. The van der Waals surface area contributed by atoms with Crippen molar-refractivity contribution in [3.05, 3.63) is 77.4 Å². The number of carbonyl (C=O) groups excluding carboxylic acids is 2. The summed E-state index contributed by atoms with van der Waals surface area (Å²) >= 11 is 0. The molecule has 0 aromatic heterocycles. The summed E-state index contributed by atoms with van der Waals surface area (Å²) in [5.74, 6) is 0.807. The molecule has 3 aliphatic rings. The summed E-state index contributed by atoms with van der Waals surface area (Å²) < 4.78 is 11.3. The van der Waals surface area contributed by atoms with Crippen molar-refractivity contribution >= 4 is 12.0 Å². The van der Waals surface area contributed by atoms with Crippen molar-refractivity contribution < 1.29 is 19.1 Å². The largest absolute Gasteiger partial charge is 0.492 e. The van der Waals surface area contributed by atoms with E-state index in [1.807, 2.05) is 39.8 Å². The first-order chi connectivity index (χ1) is 16.9. The first-order valence-electron chi connectivity index (χ1n) is 12.7. The van der Waals surface area contributed by atoms with Crippen molar-refractivity contribution in [3.8, 4) is 5.75 Å². The highest BCUT2D eigenvalue weighted by atomic mass is 16.6. The molecule has 2 atom stereocenters. The van der Waals surface area contributed by atoms with Crippen LogP contribution in [0.5, 0.6) is 5.75 Å². The highest BCUT2D eigenvalue weighted by molar-refractivity contribution is 5.97. The van der Waals surface area contributed by atoms with Crippen LogP contribution in [0.3, 0.4) is 0 Å². The molecule has 6 nitrogen and oxygen atoms in total. The topological polar surface area (TPSA) is 67.9 Å². The van der Waals surface area contributed by atoms with Crippen LogP contribution in [0.1, 0.15) is 56.5 Å². The van der Waals surface area contributed by atoms with Gasteiger partial charge in [0.1, 0.15) is 18.0 Å². The summed E-state index contributed by atoms with van der Waals surface area (Å²) in [6.45, 7) is 10.4. The molecule has 2 unspecified atom stereocenters. The zero-order chi connectivity index (χ0) is 26.1. The van der Waals surface area contributed by atoms with Gasteiger partial charge in [-0.15, -0.1) is 0 Å². The van der Waals surface area contributed by atoms with Crippen molar-refractivity contribution in [2.24, 2.45) is 11.3 Å². The standard InChI is InChI=1S/C30H38N2O4/c1-21-13-14-23(35-19-18-32(6)27(34)36-28(2,3)4)20-24(21)26(33)31-30(16-17-30)25-12-9-11-22-10-7-8-15-29(22,25)5/h7-15,20,22H,16-19H2,1-6H3,(H,31,33). The van der Waals surface area contributed by atoms with Gasteiger partial charge in [0, 0.05) is 23.9 Å². The van der Waals surface area contributed by atoms with Gasteiger partial charge in [0.2, 0.25) is 0 Å². The Kier molecular flexibility index (Phi) is 6.91. The number of ether oxygens (including phenoxy) is 2. The molecule has 1 fully saturated rings. The summed E-state index contributed by atoms with van der Waals surface area (Å²) in [5.41, 5.74) is 1.77. The zero-order valence-electron chi connectivity index (χ0n) is 22.3. The number of allylic oxidation sites excluding steroid dienone is 7. The fourth-order valence-corrected chi connectivity index (χ4v) is 4.95. The molecule has 0 radical (unpaired) electrons. The lowest BCUT2D eigenvalue weighted by atomic mass is 9.64. The fourth-order valence-electron chi connectivity index (χ4n) is 4.95. The monoisotopic (exact) mass is 490 g/mol. The molecule has 6 heteroatoms. The molecule has 192 valence electrons. The quantitative estimate of drug-likeness (QED) is 0.529. The molecule has 0 aliphatic heterocycles. The molecule has 0 bridgehead atoms. The molecule has 2 amide bonds. The number of nitrogens with zero attached hydrogens (tertiary/aromatic N) is 1. The first-order valence-corrected chi connectivity index (χ1v) is 12.7. The summed E-state index contributed by atoms with van der Waals surface area (Å²) in [6, 6.07) is 5.54. The Labute approximate surface area is 214 Å². The number of benzene rings is 1. The van der Waals surface area contributed by atoms with Crippen molar-refractivity contribution in [1.82, 2.24) is 10.2 Å². The van der Waals surface area contributed by atoms with Crippen LogP contribution in [-0.2, 0) is 4.74 Å². The second kappa shape index (κ2) is 9.64.